The molecule has 8 heteroatoms. The molecule has 1 fully saturated rings. The van der Waals surface area contributed by atoms with Crippen LogP contribution in [0.4, 0.5) is 18.3 Å². The lowest BCUT2D eigenvalue weighted by molar-refractivity contribution is -0.140. The first-order chi connectivity index (χ1) is 11.5. The number of hydrogen-bond acceptors (Lipinski definition) is 5. The van der Waals surface area contributed by atoms with Gasteiger partial charge >= 0.3 is 6.18 Å². The van der Waals surface area contributed by atoms with Crippen LogP contribution in [-0.4, -0.2) is 36.2 Å². The molecule has 1 N–H and O–H groups in total. The second-order valence-corrected chi connectivity index (χ2v) is 6.46. The van der Waals surface area contributed by atoms with Crippen LogP contribution in [0.25, 0.3) is 0 Å². The molecule has 2 heterocycles. The number of nitrogens with one attached hydrogen (secondary N) is 1. The summed E-state index contributed by atoms with van der Waals surface area (Å²) in [4.78, 5) is 5.90. The van der Waals surface area contributed by atoms with Gasteiger partial charge in [0.05, 0.1) is 13.2 Å². The van der Waals surface area contributed by atoms with Gasteiger partial charge in [0.1, 0.15) is 0 Å². The predicted molar refractivity (Wildman–Crippen MR) is 87.0 cm³/mol. The fourth-order valence-electron chi connectivity index (χ4n) is 2.52. The van der Waals surface area contributed by atoms with Crippen molar-refractivity contribution in [1.82, 2.24) is 9.88 Å². The van der Waals surface area contributed by atoms with Crippen LogP contribution >= 0.6 is 11.3 Å². The molecule has 3 rings (SSSR count). The third-order valence-corrected chi connectivity index (χ3v) is 4.54. The normalized spacial score (nSPS) is 16.3. The Labute approximate surface area is 142 Å². The molecular formula is C16H18F3N3OS. The van der Waals surface area contributed by atoms with Gasteiger partial charge < -0.3 is 10.1 Å². The average Bonchev–Trinajstić information content (AvgIpc) is 3.04. The molecule has 24 heavy (non-hydrogen) atoms. The number of ether oxygens (including phenoxy) is 1. The molecule has 0 atom stereocenters. The topological polar surface area (TPSA) is 37.4 Å². The molecule has 130 valence electrons. The van der Waals surface area contributed by atoms with Crippen LogP contribution in [0.3, 0.4) is 0 Å². The van der Waals surface area contributed by atoms with E-state index in [0.717, 1.165) is 55.1 Å². The van der Waals surface area contributed by atoms with Crippen molar-refractivity contribution in [3.05, 3.63) is 46.5 Å². The van der Waals surface area contributed by atoms with Crippen LogP contribution in [-0.2, 0) is 24.0 Å². The molecule has 4 nitrogen and oxygen atoms in total. The van der Waals surface area contributed by atoms with E-state index >= 15 is 0 Å². The van der Waals surface area contributed by atoms with E-state index in [-0.39, 0.29) is 5.13 Å². The van der Waals surface area contributed by atoms with Gasteiger partial charge in [0, 0.05) is 31.6 Å². The zero-order valence-corrected chi connectivity index (χ0v) is 13.8. The Balaban J connectivity index is 1.57. The number of alkyl halides is 3. The molecule has 2 aromatic rings. The number of halogens is 3. The molecule has 0 bridgehead atoms. The summed E-state index contributed by atoms with van der Waals surface area (Å²) in [5.74, 6) is 0. The van der Waals surface area contributed by atoms with Crippen LogP contribution in [0.15, 0.2) is 29.6 Å². The summed E-state index contributed by atoms with van der Waals surface area (Å²) in [6, 6.07) is 8.05. The van der Waals surface area contributed by atoms with Crippen molar-refractivity contribution in [3.8, 4) is 0 Å². The molecular weight excluding hydrogens is 339 g/mol. The molecule has 1 aromatic carbocycles. The van der Waals surface area contributed by atoms with E-state index in [1.54, 1.807) is 0 Å². The highest BCUT2D eigenvalue weighted by atomic mass is 32.1. The van der Waals surface area contributed by atoms with Gasteiger partial charge in [-0.25, -0.2) is 4.98 Å². The quantitative estimate of drug-likeness (QED) is 0.887. The van der Waals surface area contributed by atoms with E-state index in [2.05, 4.69) is 27.3 Å². The third kappa shape index (κ3) is 4.68. The molecule has 1 aliphatic rings. The van der Waals surface area contributed by atoms with Crippen molar-refractivity contribution < 1.29 is 17.9 Å². The van der Waals surface area contributed by atoms with Crippen LogP contribution in [0.5, 0.6) is 0 Å². The number of hydrogen-bond donors (Lipinski definition) is 1. The summed E-state index contributed by atoms with van der Waals surface area (Å²) < 4.78 is 43.0. The maximum absolute atomic E-state index is 12.5. The highest BCUT2D eigenvalue weighted by molar-refractivity contribution is 7.13. The van der Waals surface area contributed by atoms with Crippen LogP contribution in [0.1, 0.15) is 16.8 Å². The van der Waals surface area contributed by atoms with E-state index in [1.807, 2.05) is 12.1 Å². The highest BCUT2D eigenvalue weighted by Crippen LogP contribution is 2.31. The Kier molecular flexibility index (Phi) is 5.37. The minimum Gasteiger partial charge on any atom is -0.379 e. The Bertz CT molecular complexity index is 669. The van der Waals surface area contributed by atoms with Gasteiger partial charge in [0.2, 0.25) is 0 Å². The first-order valence-corrected chi connectivity index (χ1v) is 8.53. The highest BCUT2D eigenvalue weighted by Gasteiger charge is 2.33. The van der Waals surface area contributed by atoms with E-state index in [9.17, 15) is 13.2 Å². The number of nitrogens with zero attached hydrogens (tertiary/aromatic N) is 2. The van der Waals surface area contributed by atoms with Crippen molar-refractivity contribution in [2.24, 2.45) is 0 Å². The minimum absolute atomic E-state index is 0.279. The number of thiazole rings is 1. The third-order valence-electron chi connectivity index (χ3n) is 3.74. The summed E-state index contributed by atoms with van der Waals surface area (Å²) in [7, 11) is 0. The molecule has 0 amide bonds. The smallest absolute Gasteiger partial charge is 0.379 e. The van der Waals surface area contributed by atoms with Gasteiger partial charge in [-0.3, -0.25) is 4.90 Å². The molecule has 1 saturated heterocycles. The molecule has 0 unspecified atom stereocenters. The Morgan fingerprint density at radius 2 is 1.96 bits per heavy atom. The summed E-state index contributed by atoms with van der Waals surface area (Å²) in [6.45, 7) is 4.65. The lowest BCUT2D eigenvalue weighted by atomic mass is 10.1. The van der Waals surface area contributed by atoms with E-state index < -0.39 is 11.9 Å². The van der Waals surface area contributed by atoms with Crippen molar-refractivity contribution in [1.29, 1.82) is 0 Å². The van der Waals surface area contributed by atoms with Crippen molar-refractivity contribution in [3.63, 3.8) is 0 Å². The lowest BCUT2D eigenvalue weighted by Crippen LogP contribution is -2.35. The second-order valence-electron chi connectivity index (χ2n) is 5.60. The number of benzene rings is 1. The van der Waals surface area contributed by atoms with E-state index in [0.29, 0.717) is 6.54 Å². The monoisotopic (exact) mass is 357 g/mol. The molecule has 0 saturated carbocycles. The predicted octanol–water partition coefficient (Wildman–Crippen LogP) is 3.61. The lowest BCUT2D eigenvalue weighted by Gasteiger charge is -2.26. The van der Waals surface area contributed by atoms with Crippen LogP contribution in [0, 0.1) is 0 Å². The van der Waals surface area contributed by atoms with Gasteiger partial charge in [-0.1, -0.05) is 24.3 Å². The maximum Gasteiger partial charge on any atom is 0.434 e. The van der Waals surface area contributed by atoms with Crippen LogP contribution in [0.2, 0.25) is 0 Å². The summed E-state index contributed by atoms with van der Waals surface area (Å²) in [5.41, 5.74) is 1.35. The first kappa shape index (κ1) is 17.2. The summed E-state index contributed by atoms with van der Waals surface area (Å²) in [5, 5.41) is 4.26. The molecule has 0 aliphatic carbocycles. The molecule has 0 spiro atoms. The van der Waals surface area contributed by atoms with Gasteiger partial charge in [-0.05, 0) is 11.1 Å². The molecule has 0 radical (unpaired) electrons. The standard InChI is InChI=1S/C16H18F3N3OS/c17-16(18,19)14-11-24-15(21-14)20-9-12-2-1-3-13(8-12)10-22-4-6-23-7-5-22/h1-3,8,11H,4-7,9-10H2,(H,20,21). The Morgan fingerprint density at radius 3 is 2.67 bits per heavy atom. The van der Waals surface area contributed by atoms with Gasteiger partial charge in [-0.15, -0.1) is 11.3 Å². The van der Waals surface area contributed by atoms with E-state index in [4.69, 9.17) is 4.74 Å². The summed E-state index contributed by atoms with van der Waals surface area (Å²) >= 11 is 0.964. The van der Waals surface area contributed by atoms with Crippen molar-refractivity contribution in [2.45, 2.75) is 19.3 Å². The largest absolute Gasteiger partial charge is 0.434 e. The van der Waals surface area contributed by atoms with Crippen LogP contribution < -0.4 is 5.32 Å². The number of rotatable bonds is 5. The fourth-order valence-corrected chi connectivity index (χ4v) is 3.23. The van der Waals surface area contributed by atoms with Gasteiger partial charge in [0.25, 0.3) is 0 Å². The SMILES string of the molecule is FC(F)(F)c1csc(NCc2cccc(CN3CCOCC3)c2)n1. The van der Waals surface area contributed by atoms with Gasteiger partial charge in [-0.2, -0.15) is 13.2 Å². The van der Waals surface area contributed by atoms with Crippen molar-refractivity contribution >= 4 is 16.5 Å². The summed E-state index contributed by atoms with van der Waals surface area (Å²) in [6.07, 6.45) is -4.39. The number of aromatic nitrogens is 1. The first-order valence-electron chi connectivity index (χ1n) is 7.65. The van der Waals surface area contributed by atoms with E-state index in [1.165, 1.54) is 5.56 Å². The fraction of sp³-hybridized carbons (Fsp3) is 0.438. The molecule has 1 aromatic heterocycles. The molecule has 1 aliphatic heterocycles. The Hall–Kier alpha value is -1.64. The zero-order valence-electron chi connectivity index (χ0n) is 13.0. The Morgan fingerprint density at radius 1 is 1.21 bits per heavy atom. The van der Waals surface area contributed by atoms with Crippen molar-refractivity contribution in [2.75, 3.05) is 31.6 Å². The maximum atomic E-state index is 12.5. The average molecular weight is 357 g/mol. The number of morpholine rings is 1. The second kappa shape index (κ2) is 7.50. The zero-order chi connectivity index (χ0) is 17.0. The number of anilines is 1. The minimum atomic E-state index is -4.39. The van der Waals surface area contributed by atoms with Gasteiger partial charge in [0.15, 0.2) is 10.8 Å².